The van der Waals surface area contributed by atoms with Crippen LogP contribution < -0.4 is 4.80 Å². The minimum atomic E-state index is -0.400. The second kappa shape index (κ2) is 8.61. The molecule has 0 spiro atoms. The highest BCUT2D eigenvalue weighted by molar-refractivity contribution is 7.16. The van der Waals surface area contributed by atoms with Gasteiger partial charge in [0, 0.05) is 21.7 Å². The SMILES string of the molecule is CCOC(=O)Cn1c(=NC(=O)c2ccc3nc(C)ccc3c2)sc2ccc(Cl)c(C)c21. The molecule has 1 amide bonds. The van der Waals surface area contributed by atoms with Gasteiger partial charge in [-0.05, 0) is 62.7 Å². The Bertz CT molecular complexity index is 1400. The molecular formula is C23H20ClN3O3S. The standard InChI is InChI=1S/C23H20ClN3O3S/c1-4-30-20(28)12-27-21-14(3)17(24)8-10-19(21)31-23(27)26-22(29)16-7-9-18-15(11-16)6-5-13(2)25-18/h5-11H,4,12H2,1-3H3. The molecule has 2 heterocycles. The van der Waals surface area contributed by atoms with Crippen LogP contribution in [-0.4, -0.2) is 28.0 Å². The maximum absolute atomic E-state index is 13.0. The van der Waals surface area contributed by atoms with Crippen molar-refractivity contribution in [2.24, 2.45) is 4.99 Å². The zero-order valence-corrected chi connectivity index (χ0v) is 18.9. The molecule has 0 unspecified atom stereocenters. The van der Waals surface area contributed by atoms with Crippen LogP contribution in [0.15, 0.2) is 47.5 Å². The fourth-order valence-corrected chi connectivity index (χ4v) is 4.63. The van der Waals surface area contributed by atoms with Gasteiger partial charge < -0.3 is 9.30 Å². The summed E-state index contributed by atoms with van der Waals surface area (Å²) in [4.78, 5) is 34.4. The normalized spacial score (nSPS) is 11.9. The lowest BCUT2D eigenvalue weighted by Gasteiger charge is -2.08. The van der Waals surface area contributed by atoms with Gasteiger partial charge >= 0.3 is 5.97 Å². The number of aryl methyl sites for hydroxylation is 2. The third-order valence-corrected chi connectivity index (χ3v) is 6.35. The molecule has 0 atom stereocenters. The van der Waals surface area contributed by atoms with E-state index in [1.54, 1.807) is 29.7 Å². The number of aromatic nitrogens is 2. The van der Waals surface area contributed by atoms with E-state index in [9.17, 15) is 9.59 Å². The second-order valence-corrected chi connectivity index (χ2v) is 8.49. The van der Waals surface area contributed by atoms with Gasteiger partial charge in [0.15, 0.2) is 4.80 Å². The number of esters is 1. The second-order valence-electron chi connectivity index (χ2n) is 7.07. The predicted octanol–water partition coefficient (Wildman–Crippen LogP) is 4.83. The number of rotatable bonds is 4. The summed E-state index contributed by atoms with van der Waals surface area (Å²) in [5.74, 6) is -0.794. The van der Waals surface area contributed by atoms with Gasteiger partial charge in [0.05, 0.1) is 22.3 Å². The number of amides is 1. The molecule has 0 aliphatic carbocycles. The van der Waals surface area contributed by atoms with Gasteiger partial charge in [-0.25, -0.2) is 0 Å². The fraction of sp³-hybridized carbons (Fsp3) is 0.217. The maximum atomic E-state index is 13.0. The van der Waals surface area contributed by atoms with Crippen LogP contribution in [-0.2, 0) is 16.1 Å². The molecule has 4 aromatic rings. The van der Waals surface area contributed by atoms with Crippen LogP contribution in [0.5, 0.6) is 0 Å². The topological polar surface area (TPSA) is 73.6 Å². The quantitative estimate of drug-likeness (QED) is 0.415. The number of hydrogen-bond donors (Lipinski definition) is 0. The lowest BCUT2D eigenvalue weighted by molar-refractivity contribution is -0.143. The molecule has 0 saturated carbocycles. The molecule has 0 N–H and O–H groups in total. The summed E-state index contributed by atoms with van der Waals surface area (Å²) < 4.78 is 7.70. The summed E-state index contributed by atoms with van der Waals surface area (Å²) in [7, 11) is 0. The van der Waals surface area contributed by atoms with Gasteiger partial charge in [-0.2, -0.15) is 4.99 Å². The van der Waals surface area contributed by atoms with Crippen LogP contribution >= 0.6 is 22.9 Å². The number of thiazole rings is 1. The number of ether oxygens (including phenoxy) is 1. The third-order valence-electron chi connectivity index (χ3n) is 4.90. The molecular weight excluding hydrogens is 434 g/mol. The highest BCUT2D eigenvalue weighted by atomic mass is 35.5. The lowest BCUT2D eigenvalue weighted by Crippen LogP contribution is -2.23. The molecule has 2 aromatic heterocycles. The Balaban J connectivity index is 1.84. The number of carbonyl (C=O) groups excluding carboxylic acids is 2. The summed E-state index contributed by atoms with van der Waals surface area (Å²) in [6.07, 6.45) is 0. The monoisotopic (exact) mass is 453 g/mol. The van der Waals surface area contributed by atoms with E-state index in [2.05, 4.69) is 9.98 Å². The Morgan fingerprint density at radius 3 is 2.74 bits per heavy atom. The van der Waals surface area contributed by atoms with Crippen LogP contribution in [0.25, 0.3) is 21.1 Å². The fourth-order valence-electron chi connectivity index (χ4n) is 3.40. The smallest absolute Gasteiger partial charge is 0.326 e. The van der Waals surface area contributed by atoms with Crippen molar-refractivity contribution in [2.75, 3.05) is 6.61 Å². The molecule has 2 aromatic carbocycles. The average molecular weight is 454 g/mol. The number of fused-ring (bicyclic) bond motifs is 2. The van der Waals surface area contributed by atoms with Crippen molar-refractivity contribution in [3.05, 3.63) is 69.1 Å². The molecule has 158 valence electrons. The molecule has 4 rings (SSSR count). The van der Waals surface area contributed by atoms with Gasteiger partial charge in [-0.1, -0.05) is 29.0 Å². The molecule has 31 heavy (non-hydrogen) atoms. The zero-order chi connectivity index (χ0) is 22.1. The summed E-state index contributed by atoms with van der Waals surface area (Å²) in [5, 5.41) is 1.45. The molecule has 0 bridgehead atoms. The third kappa shape index (κ3) is 4.24. The summed E-state index contributed by atoms with van der Waals surface area (Å²) in [6.45, 7) is 5.77. The first-order valence-corrected chi connectivity index (χ1v) is 11.0. The Labute approximate surface area is 187 Å². The number of halogens is 1. The number of hydrogen-bond acceptors (Lipinski definition) is 5. The van der Waals surface area contributed by atoms with Gasteiger partial charge in [-0.3, -0.25) is 14.6 Å². The van der Waals surface area contributed by atoms with Crippen LogP contribution in [0.1, 0.15) is 28.5 Å². The van der Waals surface area contributed by atoms with Gasteiger partial charge in [0.2, 0.25) is 0 Å². The first-order chi connectivity index (χ1) is 14.9. The van der Waals surface area contributed by atoms with E-state index in [-0.39, 0.29) is 13.2 Å². The van der Waals surface area contributed by atoms with E-state index >= 15 is 0 Å². The van der Waals surface area contributed by atoms with Crippen molar-refractivity contribution < 1.29 is 14.3 Å². The van der Waals surface area contributed by atoms with Crippen molar-refractivity contribution in [3.63, 3.8) is 0 Å². The molecule has 8 heteroatoms. The van der Waals surface area contributed by atoms with E-state index < -0.39 is 11.9 Å². The lowest BCUT2D eigenvalue weighted by atomic mass is 10.1. The molecule has 0 fully saturated rings. The highest BCUT2D eigenvalue weighted by Gasteiger charge is 2.16. The van der Waals surface area contributed by atoms with E-state index in [1.807, 2.05) is 38.1 Å². The van der Waals surface area contributed by atoms with Crippen LogP contribution in [0.4, 0.5) is 0 Å². The van der Waals surface area contributed by atoms with Crippen molar-refractivity contribution >= 4 is 55.9 Å². The number of nitrogens with zero attached hydrogens (tertiary/aromatic N) is 3. The molecule has 6 nitrogen and oxygen atoms in total. The largest absolute Gasteiger partial charge is 0.465 e. The van der Waals surface area contributed by atoms with Crippen LogP contribution in [0, 0.1) is 13.8 Å². The van der Waals surface area contributed by atoms with E-state index in [0.29, 0.717) is 15.4 Å². The molecule has 0 radical (unpaired) electrons. The summed E-state index contributed by atoms with van der Waals surface area (Å²) in [5.41, 5.74) is 3.78. The Morgan fingerprint density at radius 2 is 1.97 bits per heavy atom. The highest BCUT2D eigenvalue weighted by Crippen LogP contribution is 2.27. The maximum Gasteiger partial charge on any atom is 0.326 e. The Hall–Kier alpha value is -3.03. The average Bonchev–Trinajstić information content (AvgIpc) is 3.08. The first-order valence-electron chi connectivity index (χ1n) is 9.78. The summed E-state index contributed by atoms with van der Waals surface area (Å²) >= 11 is 7.64. The first kappa shape index (κ1) is 21.2. The van der Waals surface area contributed by atoms with Gasteiger partial charge in [0.1, 0.15) is 6.54 Å². The van der Waals surface area contributed by atoms with Crippen molar-refractivity contribution in [1.29, 1.82) is 0 Å². The minimum absolute atomic E-state index is 0.0535. The zero-order valence-electron chi connectivity index (χ0n) is 17.3. The summed E-state index contributed by atoms with van der Waals surface area (Å²) in [6, 6.07) is 12.8. The van der Waals surface area contributed by atoms with Crippen molar-refractivity contribution in [1.82, 2.24) is 9.55 Å². The van der Waals surface area contributed by atoms with Crippen LogP contribution in [0.2, 0.25) is 5.02 Å². The van der Waals surface area contributed by atoms with E-state index in [0.717, 1.165) is 32.4 Å². The van der Waals surface area contributed by atoms with E-state index in [4.69, 9.17) is 16.3 Å². The predicted molar refractivity (Wildman–Crippen MR) is 123 cm³/mol. The Kier molecular flexibility index (Phi) is 5.89. The molecule has 0 saturated heterocycles. The van der Waals surface area contributed by atoms with Crippen molar-refractivity contribution in [3.8, 4) is 0 Å². The van der Waals surface area contributed by atoms with Crippen LogP contribution in [0.3, 0.4) is 0 Å². The van der Waals surface area contributed by atoms with Crippen molar-refractivity contribution in [2.45, 2.75) is 27.3 Å². The minimum Gasteiger partial charge on any atom is -0.465 e. The number of pyridine rings is 1. The molecule has 0 aliphatic rings. The number of carbonyl (C=O) groups is 2. The number of benzene rings is 2. The molecule has 0 aliphatic heterocycles. The Morgan fingerprint density at radius 1 is 1.16 bits per heavy atom. The van der Waals surface area contributed by atoms with Gasteiger partial charge in [0.25, 0.3) is 5.91 Å². The van der Waals surface area contributed by atoms with E-state index in [1.165, 1.54) is 11.3 Å². The van der Waals surface area contributed by atoms with Gasteiger partial charge in [-0.15, -0.1) is 0 Å².